The van der Waals surface area contributed by atoms with Crippen molar-refractivity contribution in [3.05, 3.63) is 18.2 Å². The van der Waals surface area contributed by atoms with Gasteiger partial charge in [-0.15, -0.1) is 0 Å². The third-order valence-corrected chi connectivity index (χ3v) is 5.06. The van der Waals surface area contributed by atoms with Crippen LogP contribution in [0.15, 0.2) is 18.2 Å². The summed E-state index contributed by atoms with van der Waals surface area (Å²) in [6, 6.07) is 5.62. The molecule has 3 rings (SSSR count). The molecule has 0 saturated carbocycles. The first-order valence-electron chi connectivity index (χ1n) is 10.1. The summed E-state index contributed by atoms with van der Waals surface area (Å²) in [5, 5.41) is 2.95. The normalized spacial score (nSPS) is 18.1. The van der Waals surface area contributed by atoms with E-state index in [1.165, 1.54) is 0 Å². The zero-order chi connectivity index (χ0) is 21.0. The third kappa shape index (κ3) is 5.76. The molecule has 29 heavy (non-hydrogen) atoms. The van der Waals surface area contributed by atoms with Crippen molar-refractivity contribution in [2.45, 2.75) is 45.3 Å². The Morgan fingerprint density at radius 2 is 1.97 bits per heavy atom. The molecular formula is C21H31N3O5. The minimum absolute atomic E-state index is 0.0489. The zero-order valence-electron chi connectivity index (χ0n) is 17.7. The number of rotatable bonds is 5. The molecule has 2 amide bonds. The molecule has 0 bridgehead atoms. The van der Waals surface area contributed by atoms with Crippen molar-refractivity contribution in [3.8, 4) is 11.5 Å². The number of piperidine rings is 1. The highest BCUT2D eigenvalue weighted by Crippen LogP contribution is 2.35. The summed E-state index contributed by atoms with van der Waals surface area (Å²) in [4.78, 5) is 28.4. The lowest BCUT2D eigenvalue weighted by Crippen LogP contribution is -2.48. The number of anilines is 1. The highest BCUT2D eigenvalue weighted by Gasteiger charge is 2.28. The van der Waals surface area contributed by atoms with Crippen LogP contribution in [0.2, 0.25) is 0 Å². The number of hydrogen-bond donors (Lipinski definition) is 1. The Bertz CT molecular complexity index is 738. The van der Waals surface area contributed by atoms with Gasteiger partial charge in [0.2, 0.25) is 0 Å². The van der Waals surface area contributed by atoms with Crippen LogP contribution < -0.4 is 19.7 Å². The summed E-state index contributed by atoms with van der Waals surface area (Å²) in [5.74, 6) is 1.35. The van der Waals surface area contributed by atoms with E-state index in [9.17, 15) is 9.59 Å². The van der Waals surface area contributed by atoms with Crippen LogP contribution in [0.5, 0.6) is 11.5 Å². The van der Waals surface area contributed by atoms with Crippen molar-refractivity contribution in [1.29, 1.82) is 0 Å². The number of likely N-dealkylation sites (tertiary alicyclic amines) is 1. The van der Waals surface area contributed by atoms with Crippen LogP contribution in [0, 0.1) is 0 Å². The van der Waals surface area contributed by atoms with Gasteiger partial charge in [0, 0.05) is 38.3 Å². The first-order valence-corrected chi connectivity index (χ1v) is 10.1. The molecule has 2 heterocycles. The number of methoxy groups -OCH3 is 1. The van der Waals surface area contributed by atoms with Crippen LogP contribution in [0.25, 0.3) is 0 Å². The van der Waals surface area contributed by atoms with Crippen molar-refractivity contribution >= 4 is 17.7 Å². The molecule has 1 fully saturated rings. The van der Waals surface area contributed by atoms with Crippen molar-refractivity contribution < 1.29 is 23.8 Å². The maximum Gasteiger partial charge on any atom is 0.407 e. The molecule has 0 aromatic heterocycles. The van der Waals surface area contributed by atoms with E-state index in [0.29, 0.717) is 18.0 Å². The summed E-state index contributed by atoms with van der Waals surface area (Å²) in [5.41, 5.74) is 0.260. The fourth-order valence-corrected chi connectivity index (χ4v) is 3.57. The molecule has 1 saturated heterocycles. The molecule has 8 nitrogen and oxygen atoms in total. The van der Waals surface area contributed by atoms with E-state index < -0.39 is 5.60 Å². The lowest BCUT2D eigenvalue weighted by molar-refractivity contribution is -0.121. The van der Waals surface area contributed by atoms with Crippen LogP contribution in [-0.2, 0) is 9.53 Å². The SMILES string of the molecule is COc1ccc2c(c1)N(CCN1CCC(NC(=O)OC(C)(C)C)CC1)C(=O)CO2. The monoisotopic (exact) mass is 405 g/mol. The first-order chi connectivity index (χ1) is 13.7. The van der Waals surface area contributed by atoms with Gasteiger partial charge in [-0.1, -0.05) is 0 Å². The Morgan fingerprint density at radius 3 is 2.62 bits per heavy atom. The van der Waals surface area contributed by atoms with Gasteiger partial charge in [0.05, 0.1) is 12.8 Å². The van der Waals surface area contributed by atoms with Crippen molar-refractivity contribution in [3.63, 3.8) is 0 Å². The molecule has 2 aliphatic rings. The van der Waals surface area contributed by atoms with Gasteiger partial charge in [-0.05, 0) is 45.7 Å². The molecule has 1 aromatic rings. The maximum atomic E-state index is 12.4. The van der Waals surface area contributed by atoms with Gasteiger partial charge in [0.25, 0.3) is 5.91 Å². The summed E-state index contributed by atoms with van der Waals surface area (Å²) in [6.07, 6.45) is 1.36. The lowest BCUT2D eigenvalue weighted by atomic mass is 10.1. The van der Waals surface area contributed by atoms with E-state index in [1.54, 1.807) is 12.0 Å². The van der Waals surface area contributed by atoms with Crippen molar-refractivity contribution in [1.82, 2.24) is 10.2 Å². The predicted octanol–water partition coefficient (Wildman–Crippen LogP) is 2.41. The number of carbonyl (C=O) groups is 2. The largest absolute Gasteiger partial charge is 0.497 e. The fourth-order valence-electron chi connectivity index (χ4n) is 3.57. The number of benzene rings is 1. The first kappa shape index (κ1) is 21.2. The van der Waals surface area contributed by atoms with E-state index in [-0.39, 0.29) is 24.6 Å². The van der Waals surface area contributed by atoms with Crippen LogP contribution in [0.3, 0.4) is 0 Å². The van der Waals surface area contributed by atoms with Gasteiger partial charge >= 0.3 is 6.09 Å². The Labute approximate surface area is 172 Å². The molecule has 1 N–H and O–H groups in total. The van der Waals surface area contributed by atoms with Crippen molar-refractivity contribution in [2.24, 2.45) is 0 Å². The van der Waals surface area contributed by atoms with Gasteiger partial charge in [0.15, 0.2) is 6.61 Å². The zero-order valence-corrected chi connectivity index (χ0v) is 17.7. The molecule has 160 valence electrons. The second-order valence-corrected chi connectivity index (χ2v) is 8.43. The summed E-state index contributed by atoms with van der Waals surface area (Å²) >= 11 is 0. The molecular weight excluding hydrogens is 374 g/mol. The molecule has 0 unspecified atom stereocenters. The average Bonchev–Trinajstić information content (AvgIpc) is 2.66. The second-order valence-electron chi connectivity index (χ2n) is 8.43. The third-order valence-electron chi connectivity index (χ3n) is 5.06. The van der Waals surface area contributed by atoms with Crippen LogP contribution in [0.1, 0.15) is 33.6 Å². The van der Waals surface area contributed by atoms with E-state index in [1.807, 2.05) is 39.0 Å². The Hall–Kier alpha value is -2.48. The number of carbonyl (C=O) groups excluding carboxylic acids is 2. The number of nitrogens with zero attached hydrogens (tertiary/aromatic N) is 2. The van der Waals surface area contributed by atoms with Gasteiger partial charge in [0.1, 0.15) is 17.1 Å². The highest BCUT2D eigenvalue weighted by molar-refractivity contribution is 5.98. The Balaban J connectivity index is 1.50. The standard InChI is InChI=1S/C21H31N3O5/c1-21(2,3)29-20(26)22-15-7-9-23(10-8-15)11-12-24-17-13-16(27-4)5-6-18(17)28-14-19(24)25/h5-6,13,15H,7-12,14H2,1-4H3,(H,22,26). The molecule has 0 atom stereocenters. The Morgan fingerprint density at radius 1 is 1.24 bits per heavy atom. The molecule has 0 aliphatic carbocycles. The fraction of sp³-hybridized carbons (Fsp3) is 0.619. The molecule has 1 aromatic carbocycles. The maximum absolute atomic E-state index is 12.4. The molecule has 0 radical (unpaired) electrons. The molecule has 8 heteroatoms. The van der Waals surface area contributed by atoms with E-state index in [4.69, 9.17) is 14.2 Å². The van der Waals surface area contributed by atoms with Crippen LogP contribution in [0.4, 0.5) is 10.5 Å². The van der Waals surface area contributed by atoms with Crippen LogP contribution >= 0.6 is 0 Å². The second kappa shape index (κ2) is 8.90. The predicted molar refractivity (Wildman–Crippen MR) is 110 cm³/mol. The van der Waals surface area contributed by atoms with Crippen LogP contribution in [-0.4, -0.2) is 68.4 Å². The minimum Gasteiger partial charge on any atom is -0.497 e. The summed E-state index contributed by atoms with van der Waals surface area (Å²) < 4.78 is 16.1. The van der Waals surface area contributed by atoms with Gasteiger partial charge < -0.3 is 29.3 Å². The van der Waals surface area contributed by atoms with Gasteiger partial charge in [-0.3, -0.25) is 4.79 Å². The number of nitrogens with one attached hydrogen (secondary N) is 1. The van der Waals surface area contributed by atoms with Gasteiger partial charge in [-0.2, -0.15) is 0 Å². The smallest absolute Gasteiger partial charge is 0.407 e. The lowest BCUT2D eigenvalue weighted by Gasteiger charge is -2.35. The minimum atomic E-state index is -0.492. The quantitative estimate of drug-likeness (QED) is 0.810. The summed E-state index contributed by atoms with van der Waals surface area (Å²) in [6.45, 7) is 8.71. The topological polar surface area (TPSA) is 80.3 Å². The number of hydrogen-bond acceptors (Lipinski definition) is 6. The van der Waals surface area contributed by atoms with E-state index >= 15 is 0 Å². The van der Waals surface area contributed by atoms with E-state index in [2.05, 4.69) is 10.2 Å². The van der Waals surface area contributed by atoms with E-state index in [0.717, 1.165) is 38.2 Å². The number of alkyl carbamates (subject to hydrolysis) is 1. The molecule has 0 spiro atoms. The van der Waals surface area contributed by atoms with Gasteiger partial charge in [-0.25, -0.2) is 4.79 Å². The number of fused-ring (bicyclic) bond motifs is 1. The van der Waals surface area contributed by atoms with Crippen molar-refractivity contribution in [2.75, 3.05) is 44.8 Å². The summed E-state index contributed by atoms with van der Waals surface area (Å²) in [7, 11) is 1.60. The number of amides is 2. The average molecular weight is 405 g/mol. The number of ether oxygens (including phenoxy) is 3. The Kier molecular flexibility index (Phi) is 6.52. The highest BCUT2D eigenvalue weighted by atomic mass is 16.6. The molecule has 2 aliphatic heterocycles.